The fraction of sp³-hybridized carbons (Fsp3) is 0.917. The molecule has 0 aromatic carbocycles. The van der Waals surface area contributed by atoms with Crippen molar-refractivity contribution in [2.24, 2.45) is 16.8 Å². The van der Waals surface area contributed by atoms with Gasteiger partial charge in [0.2, 0.25) is 0 Å². The van der Waals surface area contributed by atoms with Crippen LogP contribution in [0.2, 0.25) is 0 Å². The van der Waals surface area contributed by atoms with Crippen LogP contribution in [0.5, 0.6) is 0 Å². The summed E-state index contributed by atoms with van der Waals surface area (Å²) in [5.41, 5.74) is 5.71. The average molecular weight is 225 g/mol. The molecular formula is C12H23N3O. The van der Waals surface area contributed by atoms with Gasteiger partial charge in [-0.3, -0.25) is 4.90 Å². The van der Waals surface area contributed by atoms with Gasteiger partial charge in [-0.15, -0.1) is 0 Å². The molecule has 1 atom stereocenters. The van der Waals surface area contributed by atoms with Gasteiger partial charge in [0.25, 0.3) is 0 Å². The first kappa shape index (κ1) is 11.7. The topological polar surface area (TPSA) is 61.9 Å². The predicted molar refractivity (Wildman–Crippen MR) is 64.6 cm³/mol. The quantitative estimate of drug-likeness (QED) is 0.326. The number of hydrogen-bond acceptors (Lipinski definition) is 3. The summed E-state index contributed by atoms with van der Waals surface area (Å²) in [6, 6.07) is 0.753. The van der Waals surface area contributed by atoms with Crippen molar-refractivity contribution in [2.45, 2.75) is 51.0 Å². The number of hydrogen-bond donors (Lipinski definition) is 2. The van der Waals surface area contributed by atoms with Crippen molar-refractivity contribution in [1.29, 1.82) is 0 Å². The molecule has 0 bridgehead atoms. The minimum absolute atomic E-state index is 0.265. The molecule has 16 heavy (non-hydrogen) atoms. The van der Waals surface area contributed by atoms with E-state index >= 15 is 0 Å². The molecule has 92 valence electrons. The molecule has 0 amide bonds. The van der Waals surface area contributed by atoms with Gasteiger partial charge in [0.05, 0.1) is 0 Å². The first-order chi connectivity index (χ1) is 7.81. The maximum absolute atomic E-state index is 8.73. The van der Waals surface area contributed by atoms with E-state index in [9.17, 15) is 0 Å². The molecule has 4 heteroatoms. The van der Waals surface area contributed by atoms with Crippen molar-refractivity contribution in [3.05, 3.63) is 0 Å². The summed E-state index contributed by atoms with van der Waals surface area (Å²) in [4.78, 5) is 2.56. The van der Waals surface area contributed by atoms with Gasteiger partial charge < -0.3 is 10.9 Å². The molecule has 2 fully saturated rings. The van der Waals surface area contributed by atoms with E-state index < -0.39 is 0 Å². The summed E-state index contributed by atoms with van der Waals surface area (Å²) >= 11 is 0. The minimum atomic E-state index is 0.265. The Morgan fingerprint density at radius 3 is 2.56 bits per heavy atom. The van der Waals surface area contributed by atoms with Crippen LogP contribution in [0.4, 0.5) is 0 Å². The molecular weight excluding hydrogens is 202 g/mol. The van der Waals surface area contributed by atoms with E-state index in [4.69, 9.17) is 10.9 Å². The van der Waals surface area contributed by atoms with Crippen LogP contribution >= 0.6 is 0 Å². The Labute approximate surface area is 97.5 Å². The van der Waals surface area contributed by atoms with E-state index in [1.54, 1.807) is 0 Å². The summed E-state index contributed by atoms with van der Waals surface area (Å²) in [7, 11) is 0. The molecule has 0 aromatic heterocycles. The standard InChI is InChI=1S/C12H23N3O/c13-12(14-16)10-5-4-8-15(9-10)11-6-2-1-3-7-11/h10-11,16H,1-9H2,(H2,13,14). The molecule has 2 rings (SSSR count). The van der Waals surface area contributed by atoms with Gasteiger partial charge in [0.15, 0.2) is 0 Å². The molecule has 0 spiro atoms. The summed E-state index contributed by atoms with van der Waals surface area (Å²) in [5.74, 6) is 0.682. The second-order valence-electron chi connectivity index (χ2n) is 5.15. The molecule has 1 heterocycles. The number of piperidine rings is 1. The maximum Gasteiger partial charge on any atom is 0.143 e. The number of nitrogens with two attached hydrogens (primary N) is 1. The van der Waals surface area contributed by atoms with Gasteiger partial charge in [-0.05, 0) is 32.2 Å². The zero-order valence-electron chi connectivity index (χ0n) is 9.94. The predicted octanol–water partition coefficient (Wildman–Crippen LogP) is 1.78. The second kappa shape index (κ2) is 5.53. The van der Waals surface area contributed by atoms with Crippen molar-refractivity contribution in [2.75, 3.05) is 13.1 Å². The smallest absolute Gasteiger partial charge is 0.143 e. The SMILES string of the molecule is NC(=NO)C1CCCN(C2CCCCC2)C1. The van der Waals surface area contributed by atoms with Gasteiger partial charge in [0.1, 0.15) is 5.84 Å². The number of amidine groups is 1. The zero-order chi connectivity index (χ0) is 11.4. The van der Waals surface area contributed by atoms with Crippen LogP contribution in [0, 0.1) is 5.92 Å². The fourth-order valence-electron chi connectivity index (χ4n) is 3.11. The summed E-state index contributed by atoms with van der Waals surface area (Å²) in [6.07, 6.45) is 9.06. The van der Waals surface area contributed by atoms with Crippen molar-refractivity contribution in [1.82, 2.24) is 4.90 Å². The monoisotopic (exact) mass is 225 g/mol. The molecule has 2 aliphatic rings. The zero-order valence-corrected chi connectivity index (χ0v) is 9.94. The van der Waals surface area contributed by atoms with Crippen LogP contribution in [0.15, 0.2) is 5.16 Å². The van der Waals surface area contributed by atoms with E-state index in [-0.39, 0.29) is 5.92 Å². The van der Waals surface area contributed by atoms with Crippen molar-refractivity contribution in [3.8, 4) is 0 Å². The van der Waals surface area contributed by atoms with Gasteiger partial charge >= 0.3 is 0 Å². The molecule has 1 aliphatic heterocycles. The number of rotatable bonds is 2. The van der Waals surface area contributed by atoms with Crippen molar-refractivity contribution < 1.29 is 5.21 Å². The molecule has 3 N–H and O–H groups in total. The number of likely N-dealkylation sites (tertiary alicyclic amines) is 1. The van der Waals surface area contributed by atoms with Crippen molar-refractivity contribution in [3.63, 3.8) is 0 Å². The highest BCUT2D eigenvalue weighted by Crippen LogP contribution is 2.27. The fourth-order valence-corrected chi connectivity index (χ4v) is 3.11. The third kappa shape index (κ3) is 2.67. The third-order valence-electron chi connectivity index (χ3n) is 4.08. The molecule has 1 saturated carbocycles. The molecule has 4 nitrogen and oxygen atoms in total. The Morgan fingerprint density at radius 1 is 1.12 bits per heavy atom. The van der Waals surface area contributed by atoms with E-state index in [2.05, 4.69) is 10.1 Å². The summed E-state index contributed by atoms with van der Waals surface area (Å²) in [5, 5.41) is 11.9. The maximum atomic E-state index is 8.73. The second-order valence-corrected chi connectivity index (χ2v) is 5.15. The Morgan fingerprint density at radius 2 is 1.88 bits per heavy atom. The highest BCUT2D eigenvalue weighted by Gasteiger charge is 2.28. The van der Waals surface area contributed by atoms with Crippen LogP contribution < -0.4 is 5.73 Å². The number of oxime groups is 1. The Hall–Kier alpha value is -0.770. The van der Waals surface area contributed by atoms with Crippen LogP contribution in [-0.2, 0) is 0 Å². The lowest BCUT2D eigenvalue weighted by molar-refractivity contribution is 0.115. The Balaban J connectivity index is 1.90. The first-order valence-electron chi connectivity index (χ1n) is 6.52. The van der Waals surface area contributed by atoms with Gasteiger partial charge in [-0.2, -0.15) is 0 Å². The van der Waals surface area contributed by atoms with Crippen molar-refractivity contribution >= 4 is 5.84 Å². The van der Waals surface area contributed by atoms with Gasteiger partial charge in [-0.25, -0.2) is 0 Å². The van der Waals surface area contributed by atoms with Crippen LogP contribution in [0.3, 0.4) is 0 Å². The first-order valence-corrected chi connectivity index (χ1v) is 6.52. The molecule has 1 unspecified atom stereocenters. The largest absolute Gasteiger partial charge is 0.409 e. The van der Waals surface area contributed by atoms with Crippen LogP contribution in [-0.4, -0.2) is 35.1 Å². The lowest BCUT2D eigenvalue weighted by atomic mass is 9.90. The third-order valence-corrected chi connectivity index (χ3v) is 4.08. The normalized spacial score (nSPS) is 30.5. The van der Waals surface area contributed by atoms with Crippen LogP contribution in [0.25, 0.3) is 0 Å². The summed E-state index contributed by atoms with van der Waals surface area (Å²) in [6.45, 7) is 2.18. The van der Waals surface area contributed by atoms with E-state index in [1.165, 1.54) is 45.1 Å². The van der Waals surface area contributed by atoms with Gasteiger partial charge in [0, 0.05) is 18.5 Å². The summed E-state index contributed by atoms with van der Waals surface area (Å²) < 4.78 is 0. The van der Waals surface area contributed by atoms with E-state index in [0.29, 0.717) is 5.84 Å². The highest BCUT2D eigenvalue weighted by atomic mass is 16.4. The Bertz CT molecular complexity index is 249. The average Bonchev–Trinajstić information content (AvgIpc) is 2.39. The van der Waals surface area contributed by atoms with E-state index in [1.807, 2.05) is 0 Å². The molecule has 1 saturated heterocycles. The van der Waals surface area contributed by atoms with Gasteiger partial charge in [-0.1, -0.05) is 24.4 Å². The molecule has 1 aliphatic carbocycles. The lowest BCUT2D eigenvalue weighted by Gasteiger charge is -2.39. The Kier molecular flexibility index (Phi) is 4.04. The lowest BCUT2D eigenvalue weighted by Crippen LogP contribution is -2.46. The number of nitrogens with zero attached hydrogens (tertiary/aromatic N) is 2. The molecule has 0 radical (unpaired) electrons. The molecule has 0 aromatic rings. The highest BCUT2D eigenvalue weighted by molar-refractivity contribution is 5.82. The van der Waals surface area contributed by atoms with Crippen LogP contribution in [0.1, 0.15) is 44.9 Å². The van der Waals surface area contributed by atoms with E-state index in [0.717, 1.165) is 19.0 Å². The minimum Gasteiger partial charge on any atom is -0.409 e.